The van der Waals surface area contributed by atoms with Crippen LogP contribution in [0.1, 0.15) is 44.9 Å². The Bertz CT molecular complexity index is 1240. The van der Waals surface area contributed by atoms with Crippen LogP contribution in [-0.2, 0) is 10.2 Å². The number of hydrogen-bond donors (Lipinski definition) is 2. The highest BCUT2D eigenvalue weighted by atomic mass is 16.5. The Morgan fingerprint density at radius 3 is 2.82 bits per heavy atom. The Balaban J connectivity index is 1.74. The van der Waals surface area contributed by atoms with E-state index in [1.807, 2.05) is 39.1 Å². The summed E-state index contributed by atoms with van der Waals surface area (Å²) < 4.78 is 5.60. The van der Waals surface area contributed by atoms with Crippen molar-refractivity contribution < 1.29 is 9.53 Å². The summed E-state index contributed by atoms with van der Waals surface area (Å²) in [4.78, 5) is 17.9. The summed E-state index contributed by atoms with van der Waals surface area (Å²) in [6, 6.07) is 10.4. The standard InChI is InChI=1S/C26H29N5O2/c1-6-26(17-9-7-8-16(11-17)18-10-15(2)27-14-21(18)33-5)19-13-28-31-23(19)29-20-12-25(3,4)30-24(32)22(20)26/h7-11,13-14,23,29H,6,12H2,1-5H3,(H,30,32)/t23?,26-/m1/s1. The number of rotatable bonds is 4. The van der Waals surface area contributed by atoms with Gasteiger partial charge in [0.25, 0.3) is 5.91 Å². The molecule has 0 spiro atoms. The lowest BCUT2D eigenvalue weighted by atomic mass is 9.62. The maximum absolute atomic E-state index is 13.6. The van der Waals surface area contributed by atoms with Gasteiger partial charge in [0.2, 0.25) is 0 Å². The Morgan fingerprint density at radius 1 is 1.24 bits per heavy atom. The molecule has 5 rings (SSSR count). The molecule has 1 amide bonds. The monoisotopic (exact) mass is 443 g/mol. The predicted octanol–water partition coefficient (Wildman–Crippen LogP) is 4.55. The lowest BCUT2D eigenvalue weighted by Gasteiger charge is -2.48. The quantitative estimate of drug-likeness (QED) is 0.726. The van der Waals surface area contributed by atoms with E-state index >= 15 is 0 Å². The SMILES string of the molecule is CC[C@@]1(c2cccc(-c3cc(C)ncc3OC)c2)C2=CN=NC2NC2=C1C(=O)NC(C)(C)C2. The molecule has 0 saturated carbocycles. The highest BCUT2D eigenvalue weighted by Gasteiger charge is 2.53. The smallest absolute Gasteiger partial charge is 0.250 e. The van der Waals surface area contributed by atoms with Gasteiger partial charge < -0.3 is 15.4 Å². The molecule has 0 fully saturated rings. The van der Waals surface area contributed by atoms with Crippen LogP contribution in [0.2, 0.25) is 0 Å². The number of benzene rings is 1. The van der Waals surface area contributed by atoms with Crippen molar-refractivity contribution in [3.63, 3.8) is 0 Å². The Kier molecular flexibility index (Phi) is 4.88. The first kappa shape index (κ1) is 21.4. The molecule has 1 aromatic heterocycles. The third kappa shape index (κ3) is 3.25. The van der Waals surface area contributed by atoms with Crippen molar-refractivity contribution in [1.29, 1.82) is 0 Å². The summed E-state index contributed by atoms with van der Waals surface area (Å²) in [6.07, 6.45) is 4.74. The summed E-state index contributed by atoms with van der Waals surface area (Å²) in [7, 11) is 1.65. The van der Waals surface area contributed by atoms with Crippen LogP contribution in [-0.4, -0.2) is 29.7 Å². The molecule has 0 saturated heterocycles. The number of azo groups is 1. The number of pyridine rings is 1. The minimum absolute atomic E-state index is 0.0374. The van der Waals surface area contributed by atoms with Gasteiger partial charge in [-0.2, -0.15) is 10.2 Å². The van der Waals surface area contributed by atoms with Crippen molar-refractivity contribution in [2.45, 2.75) is 57.7 Å². The first-order valence-electron chi connectivity index (χ1n) is 11.3. The van der Waals surface area contributed by atoms with E-state index in [2.05, 4.69) is 51.0 Å². The molecule has 2 atom stereocenters. The van der Waals surface area contributed by atoms with Gasteiger partial charge in [0.15, 0.2) is 6.17 Å². The number of methoxy groups -OCH3 is 1. The van der Waals surface area contributed by atoms with Crippen LogP contribution >= 0.6 is 0 Å². The van der Waals surface area contributed by atoms with Crippen LogP contribution in [0.5, 0.6) is 5.75 Å². The van der Waals surface area contributed by atoms with Crippen LogP contribution in [0, 0.1) is 6.92 Å². The summed E-state index contributed by atoms with van der Waals surface area (Å²) in [5, 5.41) is 15.4. The molecule has 0 aliphatic carbocycles. The number of carbonyl (C=O) groups is 1. The van der Waals surface area contributed by atoms with Gasteiger partial charge in [0, 0.05) is 34.5 Å². The van der Waals surface area contributed by atoms with Gasteiger partial charge in [0.1, 0.15) is 5.75 Å². The Hall–Kier alpha value is -3.48. The highest BCUT2D eigenvalue weighted by Crippen LogP contribution is 2.51. The number of carbonyl (C=O) groups excluding carboxylic acids is 1. The van der Waals surface area contributed by atoms with Crippen molar-refractivity contribution in [3.05, 3.63) is 70.8 Å². The molecule has 33 heavy (non-hydrogen) atoms. The van der Waals surface area contributed by atoms with Crippen molar-refractivity contribution in [3.8, 4) is 16.9 Å². The van der Waals surface area contributed by atoms with E-state index in [4.69, 9.17) is 4.74 Å². The van der Waals surface area contributed by atoms with Crippen molar-refractivity contribution in [1.82, 2.24) is 15.6 Å². The maximum Gasteiger partial charge on any atom is 0.250 e. The third-order valence-electron chi connectivity index (χ3n) is 6.92. The molecule has 0 bridgehead atoms. The second kappa shape index (κ2) is 7.54. The van der Waals surface area contributed by atoms with Crippen LogP contribution in [0.3, 0.4) is 0 Å². The van der Waals surface area contributed by atoms with E-state index in [-0.39, 0.29) is 17.6 Å². The average molecular weight is 444 g/mol. The van der Waals surface area contributed by atoms with Gasteiger partial charge in [-0.25, -0.2) is 0 Å². The van der Waals surface area contributed by atoms with Crippen molar-refractivity contribution >= 4 is 5.91 Å². The molecule has 4 heterocycles. The number of aromatic nitrogens is 1. The molecule has 3 aliphatic heterocycles. The minimum Gasteiger partial charge on any atom is -0.494 e. The van der Waals surface area contributed by atoms with Gasteiger partial charge >= 0.3 is 0 Å². The van der Waals surface area contributed by atoms with E-state index in [9.17, 15) is 4.79 Å². The molecule has 7 heteroatoms. The number of hydrogen-bond acceptors (Lipinski definition) is 6. The Labute approximate surface area is 194 Å². The molecule has 2 aromatic rings. The van der Waals surface area contributed by atoms with Gasteiger partial charge in [-0.1, -0.05) is 25.1 Å². The van der Waals surface area contributed by atoms with Crippen LogP contribution < -0.4 is 15.4 Å². The Morgan fingerprint density at radius 2 is 2.06 bits per heavy atom. The third-order valence-corrected chi connectivity index (χ3v) is 6.92. The van der Waals surface area contributed by atoms with Crippen molar-refractivity contribution in [2.75, 3.05) is 7.11 Å². The highest BCUT2D eigenvalue weighted by molar-refractivity contribution is 6.00. The van der Waals surface area contributed by atoms with Crippen LogP contribution in [0.25, 0.3) is 11.1 Å². The molecular formula is C26H29N5O2. The molecule has 2 N–H and O–H groups in total. The van der Waals surface area contributed by atoms with E-state index in [1.54, 1.807) is 13.3 Å². The number of aryl methyl sites for hydroxylation is 1. The van der Waals surface area contributed by atoms with Gasteiger partial charge in [-0.05, 0) is 50.5 Å². The summed E-state index contributed by atoms with van der Waals surface area (Å²) in [5.41, 5.74) is 5.73. The summed E-state index contributed by atoms with van der Waals surface area (Å²) in [5.74, 6) is 0.679. The lowest BCUT2D eigenvalue weighted by Crippen LogP contribution is -2.58. The zero-order valence-corrected chi connectivity index (χ0v) is 19.7. The van der Waals surface area contributed by atoms with E-state index in [0.717, 1.165) is 39.2 Å². The second-order valence-corrected chi connectivity index (χ2v) is 9.60. The van der Waals surface area contributed by atoms with Crippen LogP contribution in [0.4, 0.5) is 0 Å². The molecule has 0 radical (unpaired) electrons. The van der Waals surface area contributed by atoms with Gasteiger partial charge in [-0.15, -0.1) is 0 Å². The molecule has 7 nitrogen and oxygen atoms in total. The fourth-order valence-electron chi connectivity index (χ4n) is 5.49. The first-order valence-corrected chi connectivity index (χ1v) is 11.3. The van der Waals surface area contributed by atoms with E-state index in [0.29, 0.717) is 18.6 Å². The molecule has 170 valence electrons. The maximum atomic E-state index is 13.6. The van der Waals surface area contributed by atoms with E-state index < -0.39 is 5.41 Å². The van der Waals surface area contributed by atoms with Crippen LogP contribution in [0.15, 0.2) is 69.8 Å². The molecular weight excluding hydrogens is 414 g/mol. The zero-order chi connectivity index (χ0) is 23.4. The van der Waals surface area contributed by atoms with Gasteiger partial charge in [-0.3, -0.25) is 9.78 Å². The normalized spacial score (nSPS) is 25.1. The number of nitrogens with zero attached hydrogens (tertiary/aromatic N) is 3. The predicted molar refractivity (Wildman–Crippen MR) is 127 cm³/mol. The topological polar surface area (TPSA) is 88.0 Å². The minimum atomic E-state index is -0.624. The van der Waals surface area contributed by atoms with Gasteiger partial charge in [0.05, 0.1) is 30.5 Å². The number of ether oxygens (including phenoxy) is 1. The number of fused-ring (bicyclic) bond motifs is 1. The molecule has 1 unspecified atom stereocenters. The lowest BCUT2D eigenvalue weighted by molar-refractivity contribution is -0.120. The number of amides is 1. The number of nitrogens with one attached hydrogen (secondary N) is 2. The summed E-state index contributed by atoms with van der Waals surface area (Å²) >= 11 is 0. The zero-order valence-electron chi connectivity index (χ0n) is 19.7. The largest absolute Gasteiger partial charge is 0.494 e. The van der Waals surface area contributed by atoms with E-state index in [1.165, 1.54) is 0 Å². The summed E-state index contributed by atoms with van der Waals surface area (Å²) in [6.45, 7) is 8.19. The average Bonchev–Trinajstić information content (AvgIpc) is 3.25. The molecule has 1 aromatic carbocycles. The first-order chi connectivity index (χ1) is 15.8. The fraction of sp³-hybridized carbons (Fsp3) is 0.385. The van der Waals surface area contributed by atoms with Crippen molar-refractivity contribution in [2.24, 2.45) is 10.2 Å². The fourth-order valence-corrected chi connectivity index (χ4v) is 5.49. The molecule has 3 aliphatic rings. The second-order valence-electron chi connectivity index (χ2n) is 9.60.